The first-order chi connectivity index (χ1) is 9.72. The molecule has 2 aromatic rings. The van der Waals surface area contributed by atoms with Crippen LogP contribution in [0.25, 0.3) is 11.4 Å². The lowest BCUT2D eigenvalue weighted by Gasteiger charge is -2.29. The molecule has 0 radical (unpaired) electrons. The summed E-state index contributed by atoms with van der Waals surface area (Å²) in [5.41, 5.74) is 0.905. The predicted octanol–water partition coefficient (Wildman–Crippen LogP) is 0.385. The second-order valence-corrected chi connectivity index (χ2v) is 5.57. The van der Waals surface area contributed by atoms with E-state index in [-0.39, 0.29) is 12.5 Å². The highest BCUT2D eigenvalue weighted by Gasteiger charge is 2.22. The second kappa shape index (κ2) is 5.68. The van der Waals surface area contributed by atoms with Crippen LogP contribution in [0.4, 0.5) is 0 Å². The van der Waals surface area contributed by atoms with Crippen LogP contribution >= 0.6 is 11.3 Å². The molecule has 1 atom stereocenters. The van der Waals surface area contributed by atoms with Crippen molar-refractivity contribution in [1.82, 2.24) is 25.1 Å². The molecule has 0 unspecified atom stereocenters. The third-order valence-corrected chi connectivity index (χ3v) is 3.94. The average Bonchev–Trinajstić information content (AvgIpc) is 3.08. The second-order valence-electron chi connectivity index (χ2n) is 4.79. The summed E-state index contributed by atoms with van der Waals surface area (Å²) >= 11 is 1.56. The lowest BCUT2D eigenvalue weighted by Crippen LogP contribution is -2.43. The number of nitrogens with zero attached hydrogens (tertiary/aromatic N) is 5. The van der Waals surface area contributed by atoms with Crippen molar-refractivity contribution in [2.24, 2.45) is 0 Å². The number of aliphatic hydroxyl groups excluding tert-OH is 1. The molecule has 1 N–H and O–H groups in total. The predicted molar refractivity (Wildman–Crippen MR) is 73.0 cm³/mol. The number of tetrazole rings is 1. The highest BCUT2D eigenvalue weighted by molar-refractivity contribution is 7.08. The maximum atomic E-state index is 12.1. The molecule has 0 aliphatic carbocycles. The van der Waals surface area contributed by atoms with E-state index in [0.29, 0.717) is 18.9 Å². The number of amides is 1. The summed E-state index contributed by atoms with van der Waals surface area (Å²) in [5.74, 6) is 0.441. The SMILES string of the molecule is O=C(Cn1nnc(-c2ccsc2)n1)N1CCC[C@H](O)C1. The van der Waals surface area contributed by atoms with E-state index in [9.17, 15) is 9.90 Å². The van der Waals surface area contributed by atoms with Crippen LogP contribution in [0.1, 0.15) is 12.8 Å². The Morgan fingerprint density at radius 1 is 1.55 bits per heavy atom. The average molecular weight is 293 g/mol. The summed E-state index contributed by atoms with van der Waals surface area (Å²) in [6.45, 7) is 1.14. The number of β-amino-alcohol motifs (C(OH)–C–C–N with tert-alkyl or cyclic N) is 1. The molecule has 0 aromatic carbocycles. The van der Waals surface area contributed by atoms with Crippen molar-refractivity contribution < 1.29 is 9.90 Å². The van der Waals surface area contributed by atoms with Gasteiger partial charge in [-0.3, -0.25) is 4.79 Å². The summed E-state index contributed by atoms with van der Waals surface area (Å²) < 4.78 is 0. The van der Waals surface area contributed by atoms with Gasteiger partial charge in [-0.05, 0) is 29.5 Å². The first-order valence-corrected chi connectivity index (χ1v) is 7.43. The van der Waals surface area contributed by atoms with Crippen molar-refractivity contribution in [3.63, 3.8) is 0 Å². The Kier molecular flexibility index (Phi) is 3.75. The highest BCUT2D eigenvalue weighted by atomic mass is 32.1. The van der Waals surface area contributed by atoms with Crippen LogP contribution in [0.3, 0.4) is 0 Å². The topological polar surface area (TPSA) is 84.1 Å². The van der Waals surface area contributed by atoms with Gasteiger partial charge in [-0.15, -0.1) is 10.2 Å². The molecule has 1 saturated heterocycles. The Bertz CT molecular complexity index is 582. The van der Waals surface area contributed by atoms with Crippen LogP contribution < -0.4 is 0 Å². The minimum atomic E-state index is -0.419. The van der Waals surface area contributed by atoms with Crippen molar-refractivity contribution >= 4 is 17.2 Å². The van der Waals surface area contributed by atoms with E-state index < -0.39 is 6.10 Å². The Balaban J connectivity index is 1.64. The number of likely N-dealkylation sites (tertiary alicyclic amines) is 1. The monoisotopic (exact) mass is 293 g/mol. The van der Waals surface area contributed by atoms with Gasteiger partial charge in [0.1, 0.15) is 6.54 Å². The van der Waals surface area contributed by atoms with Crippen molar-refractivity contribution in [2.45, 2.75) is 25.5 Å². The first kappa shape index (κ1) is 13.2. The molecule has 0 bridgehead atoms. The fourth-order valence-corrected chi connectivity index (χ4v) is 2.85. The molecule has 3 rings (SSSR count). The quantitative estimate of drug-likeness (QED) is 0.884. The van der Waals surface area contributed by atoms with Gasteiger partial charge < -0.3 is 10.0 Å². The molecule has 2 aromatic heterocycles. The van der Waals surface area contributed by atoms with Crippen molar-refractivity contribution in [3.05, 3.63) is 16.8 Å². The Morgan fingerprint density at radius 2 is 2.45 bits per heavy atom. The minimum Gasteiger partial charge on any atom is -0.391 e. The zero-order chi connectivity index (χ0) is 13.9. The smallest absolute Gasteiger partial charge is 0.246 e. The lowest BCUT2D eigenvalue weighted by atomic mass is 10.1. The van der Waals surface area contributed by atoms with Crippen molar-refractivity contribution in [3.8, 4) is 11.4 Å². The zero-order valence-electron chi connectivity index (χ0n) is 10.8. The fraction of sp³-hybridized carbons (Fsp3) is 0.500. The van der Waals surface area contributed by atoms with Gasteiger partial charge in [-0.1, -0.05) is 0 Å². The van der Waals surface area contributed by atoms with Crippen LogP contribution in [-0.2, 0) is 11.3 Å². The van der Waals surface area contributed by atoms with Crippen LogP contribution in [-0.4, -0.2) is 55.3 Å². The lowest BCUT2D eigenvalue weighted by molar-refractivity contribution is -0.135. The zero-order valence-corrected chi connectivity index (χ0v) is 11.7. The number of carbonyl (C=O) groups is 1. The fourth-order valence-electron chi connectivity index (χ4n) is 2.22. The van der Waals surface area contributed by atoms with E-state index in [1.807, 2.05) is 16.8 Å². The van der Waals surface area contributed by atoms with Crippen LogP contribution in [0.15, 0.2) is 16.8 Å². The molecule has 1 amide bonds. The number of rotatable bonds is 3. The maximum Gasteiger partial charge on any atom is 0.246 e. The van der Waals surface area contributed by atoms with Gasteiger partial charge in [0, 0.05) is 24.0 Å². The molecule has 1 fully saturated rings. The summed E-state index contributed by atoms with van der Waals surface area (Å²) in [5, 5.41) is 25.5. The van der Waals surface area contributed by atoms with Crippen molar-refractivity contribution in [2.75, 3.05) is 13.1 Å². The number of piperidine rings is 1. The third-order valence-electron chi connectivity index (χ3n) is 3.26. The largest absolute Gasteiger partial charge is 0.391 e. The highest BCUT2D eigenvalue weighted by Crippen LogP contribution is 2.16. The third kappa shape index (κ3) is 2.86. The number of hydrogen-bond donors (Lipinski definition) is 1. The van der Waals surface area contributed by atoms with E-state index in [4.69, 9.17) is 0 Å². The van der Waals surface area contributed by atoms with Gasteiger partial charge in [0.05, 0.1) is 6.10 Å². The normalized spacial score (nSPS) is 19.2. The van der Waals surface area contributed by atoms with Gasteiger partial charge >= 0.3 is 0 Å². The molecule has 1 aliphatic heterocycles. The molecule has 7 nitrogen and oxygen atoms in total. The Labute approximate surface area is 119 Å². The van der Waals surface area contributed by atoms with Gasteiger partial charge in [0.2, 0.25) is 11.7 Å². The van der Waals surface area contributed by atoms with E-state index in [1.165, 1.54) is 4.80 Å². The molecule has 0 spiro atoms. The van der Waals surface area contributed by atoms with Crippen molar-refractivity contribution in [1.29, 1.82) is 0 Å². The number of carbonyl (C=O) groups excluding carboxylic acids is 1. The van der Waals surface area contributed by atoms with Gasteiger partial charge in [0.15, 0.2) is 0 Å². The molecule has 20 heavy (non-hydrogen) atoms. The summed E-state index contributed by atoms with van der Waals surface area (Å²) in [6.07, 6.45) is 1.17. The summed E-state index contributed by atoms with van der Waals surface area (Å²) in [4.78, 5) is 15.1. The summed E-state index contributed by atoms with van der Waals surface area (Å²) in [6, 6.07) is 1.91. The number of thiophene rings is 1. The van der Waals surface area contributed by atoms with E-state index in [2.05, 4.69) is 15.4 Å². The molecule has 1 aliphatic rings. The van der Waals surface area contributed by atoms with Gasteiger partial charge in [-0.25, -0.2) is 0 Å². The first-order valence-electron chi connectivity index (χ1n) is 6.48. The van der Waals surface area contributed by atoms with Crippen LogP contribution in [0.2, 0.25) is 0 Å². The Hall–Kier alpha value is -1.80. The molecule has 3 heterocycles. The standard InChI is InChI=1S/C12H15N5O2S/c18-10-2-1-4-16(6-10)11(19)7-17-14-12(13-15-17)9-3-5-20-8-9/h3,5,8,10,18H,1-2,4,6-7H2/t10-/m0/s1. The summed E-state index contributed by atoms with van der Waals surface area (Å²) in [7, 11) is 0. The van der Waals surface area contributed by atoms with E-state index in [0.717, 1.165) is 18.4 Å². The number of aromatic nitrogens is 4. The van der Waals surface area contributed by atoms with Crippen LogP contribution in [0.5, 0.6) is 0 Å². The maximum absolute atomic E-state index is 12.1. The molecule has 106 valence electrons. The molecular weight excluding hydrogens is 278 g/mol. The Morgan fingerprint density at radius 3 is 3.20 bits per heavy atom. The molecular formula is C12H15N5O2S. The van der Waals surface area contributed by atoms with Gasteiger partial charge in [0.25, 0.3) is 0 Å². The molecule has 0 saturated carbocycles. The minimum absolute atomic E-state index is 0.0594. The van der Waals surface area contributed by atoms with E-state index in [1.54, 1.807) is 16.2 Å². The van der Waals surface area contributed by atoms with E-state index >= 15 is 0 Å². The number of hydrogen-bond acceptors (Lipinski definition) is 6. The number of aliphatic hydroxyl groups is 1. The van der Waals surface area contributed by atoms with Gasteiger partial charge in [-0.2, -0.15) is 16.1 Å². The molecule has 8 heteroatoms. The van der Waals surface area contributed by atoms with Crippen LogP contribution in [0, 0.1) is 0 Å².